The molecule has 2 aromatic heterocycles. The monoisotopic (exact) mass is 320 g/mol. The molecule has 0 bridgehead atoms. The van der Waals surface area contributed by atoms with Crippen molar-refractivity contribution in [2.75, 3.05) is 33.2 Å². The molecule has 120 valence electrons. The summed E-state index contributed by atoms with van der Waals surface area (Å²) in [4.78, 5) is 6.22. The van der Waals surface area contributed by atoms with Gasteiger partial charge >= 0.3 is 0 Å². The molecule has 3 rings (SSSR count). The maximum Gasteiger partial charge on any atom is 0.168 e. The standard InChI is InChI=1S/C15H24N6S/c1-3-5-14(20-9-7-19(2)8-10-20)15-16-17-18-21(15)12-13-6-4-11-22-13/h4,6,11,14H,3,5,7-10,12H2,1-2H3/t14-/m0/s1. The Bertz CT molecular complexity index is 558. The van der Waals surface area contributed by atoms with Gasteiger partial charge in [-0.1, -0.05) is 19.4 Å². The average Bonchev–Trinajstić information content (AvgIpc) is 3.18. The van der Waals surface area contributed by atoms with Crippen molar-refractivity contribution >= 4 is 11.3 Å². The van der Waals surface area contributed by atoms with Crippen molar-refractivity contribution in [1.29, 1.82) is 0 Å². The van der Waals surface area contributed by atoms with E-state index in [9.17, 15) is 0 Å². The Morgan fingerprint density at radius 1 is 1.27 bits per heavy atom. The zero-order valence-electron chi connectivity index (χ0n) is 13.4. The molecule has 1 fully saturated rings. The maximum atomic E-state index is 4.36. The van der Waals surface area contributed by atoms with Gasteiger partial charge in [0.05, 0.1) is 12.6 Å². The molecule has 3 heterocycles. The quantitative estimate of drug-likeness (QED) is 0.813. The van der Waals surface area contributed by atoms with Crippen molar-refractivity contribution in [3.05, 3.63) is 28.2 Å². The molecular formula is C15H24N6S. The van der Waals surface area contributed by atoms with Crippen LogP contribution in [0.25, 0.3) is 0 Å². The Morgan fingerprint density at radius 2 is 2.09 bits per heavy atom. The summed E-state index contributed by atoms with van der Waals surface area (Å²) in [5.74, 6) is 1.01. The molecular weight excluding hydrogens is 296 g/mol. The number of hydrogen-bond acceptors (Lipinski definition) is 6. The molecule has 0 spiro atoms. The fourth-order valence-electron chi connectivity index (χ4n) is 2.99. The van der Waals surface area contributed by atoms with Gasteiger partial charge in [-0.3, -0.25) is 4.90 Å². The van der Waals surface area contributed by atoms with Gasteiger partial charge in [-0.15, -0.1) is 16.4 Å². The van der Waals surface area contributed by atoms with Gasteiger partial charge in [0.1, 0.15) is 0 Å². The van der Waals surface area contributed by atoms with Gasteiger partial charge in [0, 0.05) is 31.1 Å². The minimum Gasteiger partial charge on any atom is -0.304 e. The Balaban J connectivity index is 1.78. The first-order chi connectivity index (χ1) is 10.8. The van der Waals surface area contributed by atoms with Crippen LogP contribution in [-0.2, 0) is 6.54 Å². The lowest BCUT2D eigenvalue weighted by Gasteiger charge is -2.37. The van der Waals surface area contributed by atoms with E-state index < -0.39 is 0 Å². The van der Waals surface area contributed by atoms with Crippen molar-refractivity contribution in [2.24, 2.45) is 0 Å². The van der Waals surface area contributed by atoms with Crippen LogP contribution in [-0.4, -0.2) is 63.2 Å². The smallest absolute Gasteiger partial charge is 0.168 e. The highest BCUT2D eigenvalue weighted by atomic mass is 32.1. The van der Waals surface area contributed by atoms with Gasteiger partial charge in [-0.2, -0.15) is 0 Å². The molecule has 0 aromatic carbocycles. The first kappa shape index (κ1) is 15.6. The number of likely N-dealkylation sites (N-methyl/N-ethyl adjacent to an activating group) is 1. The van der Waals surface area contributed by atoms with E-state index in [1.165, 1.54) is 4.88 Å². The van der Waals surface area contributed by atoms with E-state index in [1.807, 2.05) is 4.68 Å². The number of aromatic nitrogens is 4. The van der Waals surface area contributed by atoms with Crippen molar-refractivity contribution in [2.45, 2.75) is 32.4 Å². The van der Waals surface area contributed by atoms with Crippen LogP contribution in [0.3, 0.4) is 0 Å². The molecule has 6 nitrogen and oxygen atoms in total. The molecule has 0 aliphatic carbocycles. The zero-order chi connectivity index (χ0) is 15.4. The predicted molar refractivity (Wildman–Crippen MR) is 88.0 cm³/mol. The summed E-state index contributed by atoms with van der Waals surface area (Å²) in [7, 11) is 2.19. The van der Waals surface area contributed by atoms with Gasteiger partial charge in [0.15, 0.2) is 5.82 Å². The molecule has 7 heteroatoms. The van der Waals surface area contributed by atoms with Gasteiger partial charge in [-0.25, -0.2) is 4.68 Å². The van der Waals surface area contributed by atoms with Crippen LogP contribution in [0.15, 0.2) is 17.5 Å². The molecule has 1 atom stereocenters. The number of piperazine rings is 1. The Kier molecular flexibility index (Phi) is 5.17. The van der Waals surface area contributed by atoms with Crippen LogP contribution in [0.1, 0.15) is 36.5 Å². The summed E-state index contributed by atoms with van der Waals surface area (Å²) >= 11 is 1.75. The minimum atomic E-state index is 0.327. The van der Waals surface area contributed by atoms with Crippen LogP contribution < -0.4 is 0 Å². The SMILES string of the molecule is CCC[C@@H](c1nnnn1Cc1cccs1)N1CCN(C)CC1. The number of tetrazole rings is 1. The van der Waals surface area contributed by atoms with Crippen molar-refractivity contribution in [3.8, 4) is 0 Å². The fraction of sp³-hybridized carbons (Fsp3) is 0.667. The zero-order valence-corrected chi connectivity index (χ0v) is 14.2. The molecule has 1 aliphatic heterocycles. The fourth-order valence-corrected chi connectivity index (χ4v) is 3.68. The summed E-state index contributed by atoms with van der Waals surface area (Å²) < 4.78 is 1.98. The third kappa shape index (κ3) is 3.53. The third-order valence-corrected chi connectivity index (χ3v) is 5.15. The van der Waals surface area contributed by atoms with E-state index in [0.29, 0.717) is 6.04 Å². The molecule has 0 unspecified atom stereocenters. The van der Waals surface area contributed by atoms with Crippen molar-refractivity contribution in [3.63, 3.8) is 0 Å². The highest BCUT2D eigenvalue weighted by Crippen LogP contribution is 2.25. The lowest BCUT2D eigenvalue weighted by atomic mass is 10.1. The van der Waals surface area contributed by atoms with Gasteiger partial charge in [0.2, 0.25) is 0 Å². The summed E-state index contributed by atoms with van der Waals surface area (Å²) in [5, 5.41) is 14.6. The number of hydrogen-bond donors (Lipinski definition) is 0. The third-order valence-electron chi connectivity index (χ3n) is 4.28. The largest absolute Gasteiger partial charge is 0.304 e. The first-order valence-electron chi connectivity index (χ1n) is 7.99. The summed E-state index contributed by atoms with van der Waals surface area (Å²) in [5.41, 5.74) is 0. The Labute approximate surface area is 135 Å². The van der Waals surface area contributed by atoms with Crippen LogP contribution in [0.5, 0.6) is 0 Å². The van der Waals surface area contributed by atoms with Crippen LogP contribution >= 0.6 is 11.3 Å². The molecule has 1 saturated heterocycles. The second kappa shape index (κ2) is 7.30. The topological polar surface area (TPSA) is 50.1 Å². The van der Waals surface area contributed by atoms with Crippen molar-refractivity contribution < 1.29 is 0 Å². The van der Waals surface area contributed by atoms with E-state index in [4.69, 9.17) is 0 Å². The Morgan fingerprint density at radius 3 is 2.77 bits per heavy atom. The second-order valence-corrected chi connectivity index (χ2v) is 6.95. The van der Waals surface area contributed by atoms with Gasteiger partial charge < -0.3 is 4.90 Å². The number of rotatable bonds is 6. The molecule has 2 aromatic rings. The Hall–Kier alpha value is -1.31. The van der Waals surface area contributed by atoms with E-state index in [0.717, 1.165) is 51.4 Å². The normalized spacial score (nSPS) is 18.6. The molecule has 22 heavy (non-hydrogen) atoms. The lowest BCUT2D eigenvalue weighted by Crippen LogP contribution is -2.46. The van der Waals surface area contributed by atoms with Crippen LogP contribution in [0.2, 0.25) is 0 Å². The molecule has 0 radical (unpaired) electrons. The molecule has 0 N–H and O–H groups in total. The second-order valence-electron chi connectivity index (χ2n) is 5.92. The highest BCUT2D eigenvalue weighted by Gasteiger charge is 2.27. The average molecular weight is 320 g/mol. The van der Waals surface area contributed by atoms with Gasteiger partial charge in [-0.05, 0) is 35.3 Å². The number of nitrogens with zero attached hydrogens (tertiary/aromatic N) is 6. The van der Waals surface area contributed by atoms with Crippen LogP contribution in [0, 0.1) is 0 Å². The lowest BCUT2D eigenvalue weighted by molar-refractivity contribution is 0.0997. The van der Waals surface area contributed by atoms with E-state index in [-0.39, 0.29) is 0 Å². The molecule has 0 saturated carbocycles. The maximum absolute atomic E-state index is 4.36. The highest BCUT2D eigenvalue weighted by molar-refractivity contribution is 7.09. The number of thiophene rings is 1. The predicted octanol–water partition coefficient (Wildman–Crippen LogP) is 1.87. The summed E-state index contributed by atoms with van der Waals surface area (Å²) in [6.45, 7) is 7.42. The molecule has 0 amide bonds. The van der Waals surface area contributed by atoms with Crippen LogP contribution in [0.4, 0.5) is 0 Å². The van der Waals surface area contributed by atoms with E-state index >= 15 is 0 Å². The molecule has 1 aliphatic rings. The van der Waals surface area contributed by atoms with Crippen molar-refractivity contribution in [1.82, 2.24) is 30.0 Å². The summed E-state index contributed by atoms with van der Waals surface area (Å²) in [6.07, 6.45) is 2.25. The minimum absolute atomic E-state index is 0.327. The van der Waals surface area contributed by atoms with E-state index in [1.54, 1.807) is 11.3 Å². The summed E-state index contributed by atoms with van der Waals surface area (Å²) in [6, 6.07) is 4.54. The van der Waals surface area contributed by atoms with Gasteiger partial charge in [0.25, 0.3) is 0 Å². The first-order valence-corrected chi connectivity index (χ1v) is 8.87. The van der Waals surface area contributed by atoms with E-state index in [2.05, 4.69) is 56.8 Å².